The molecular weight excluding hydrogens is 385 g/mol. The van der Waals surface area contributed by atoms with Gasteiger partial charge in [0.05, 0.1) is 22.3 Å². The van der Waals surface area contributed by atoms with Gasteiger partial charge in [-0.3, -0.25) is 9.48 Å². The van der Waals surface area contributed by atoms with Crippen LogP contribution in [0.5, 0.6) is 0 Å². The molecule has 6 nitrogen and oxygen atoms in total. The van der Waals surface area contributed by atoms with Gasteiger partial charge in [0.1, 0.15) is 0 Å². The molecule has 0 bridgehead atoms. The molecule has 0 aliphatic rings. The molecule has 0 saturated carbocycles. The van der Waals surface area contributed by atoms with E-state index in [9.17, 15) is 4.79 Å². The SMILES string of the molecule is Cc1nn(C)c2nc(-c3ccccc3)cc(C(=O)NCC(C)CN)c12.Cl.Cl. The van der Waals surface area contributed by atoms with Crippen LogP contribution < -0.4 is 11.1 Å². The summed E-state index contributed by atoms with van der Waals surface area (Å²) in [7, 11) is 1.84. The minimum Gasteiger partial charge on any atom is -0.352 e. The number of rotatable bonds is 5. The number of benzene rings is 1. The number of carbonyl (C=O) groups excluding carboxylic acids is 1. The number of carbonyl (C=O) groups is 1. The number of fused-ring (bicyclic) bond motifs is 1. The van der Waals surface area contributed by atoms with Crippen molar-refractivity contribution in [2.24, 2.45) is 18.7 Å². The normalized spacial score (nSPS) is 11.4. The maximum absolute atomic E-state index is 12.8. The Morgan fingerprint density at radius 2 is 1.93 bits per heavy atom. The molecule has 8 heteroatoms. The van der Waals surface area contributed by atoms with E-state index in [4.69, 9.17) is 10.7 Å². The van der Waals surface area contributed by atoms with Gasteiger partial charge in [-0.2, -0.15) is 5.10 Å². The zero-order valence-electron chi connectivity index (χ0n) is 15.6. The monoisotopic (exact) mass is 409 g/mol. The molecule has 3 rings (SSSR count). The number of hydrogen-bond donors (Lipinski definition) is 2. The minimum absolute atomic E-state index is 0. The van der Waals surface area contributed by atoms with E-state index in [1.165, 1.54) is 0 Å². The molecule has 3 aromatic rings. The summed E-state index contributed by atoms with van der Waals surface area (Å²) < 4.78 is 1.72. The van der Waals surface area contributed by atoms with Crippen molar-refractivity contribution in [2.45, 2.75) is 13.8 Å². The Bertz CT molecular complexity index is 911. The van der Waals surface area contributed by atoms with E-state index < -0.39 is 0 Å². The number of amides is 1. The topological polar surface area (TPSA) is 85.8 Å². The highest BCUT2D eigenvalue weighted by atomic mass is 35.5. The van der Waals surface area contributed by atoms with E-state index in [1.807, 2.05) is 57.3 Å². The van der Waals surface area contributed by atoms with Crippen LogP contribution in [0.3, 0.4) is 0 Å². The minimum atomic E-state index is -0.124. The van der Waals surface area contributed by atoms with Crippen molar-refractivity contribution < 1.29 is 4.79 Å². The first-order valence-electron chi connectivity index (χ1n) is 8.39. The maximum atomic E-state index is 12.8. The first-order valence-corrected chi connectivity index (χ1v) is 8.39. The summed E-state index contributed by atoms with van der Waals surface area (Å²) in [5, 5.41) is 8.20. The summed E-state index contributed by atoms with van der Waals surface area (Å²) in [6.07, 6.45) is 0. The molecule has 0 radical (unpaired) electrons. The first-order chi connectivity index (χ1) is 12.0. The molecule has 27 heavy (non-hydrogen) atoms. The number of nitrogens with zero attached hydrogens (tertiary/aromatic N) is 3. The Hall–Kier alpha value is -2.15. The van der Waals surface area contributed by atoms with E-state index in [0.717, 1.165) is 22.3 Å². The number of aromatic nitrogens is 3. The van der Waals surface area contributed by atoms with Crippen LogP contribution in [-0.4, -0.2) is 33.8 Å². The number of halogens is 2. The largest absolute Gasteiger partial charge is 0.352 e. The Balaban J connectivity index is 0.00000182. The molecule has 0 aliphatic carbocycles. The van der Waals surface area contributed by atoms with Crippen LogP contribution in [0.4, 0.5) is 0 Å². The molecular formula is C19H25Cl2N5O. The molecule has 146 valence electrons. The Morgan fingerprint density at radius 1 is 1.26 bits per heavy atom. The predicted molar refractivity (Wildman–Crippen MR) is 114 cm³/mol. The molecule has 0 fully saturated rings. The van der Waals surface area contributed by atoms with E-state index >= 15 is 0 Å². The van der Waals surface area contributed by atoms with Crippen molar-refractivity contribution >= 4 is 41.8 Å². The van der Waals surface area contributed by atoms with E-state index in [2.05, 4.69) is 10.4 Å². The fraction of sp³-hybridized carbons (Fsp3) is 0.316. The van der Waals surface area contributed by atoms with Gasteiger partial charge in [0.2, 0.25) is 0 Å². The number of nitrogens with one attached hydrogen (secondary N) is 1. The van der Waals surface area contributed by atoms with Gasteiger partial charge in [0, 0.05) is 19.2 Å². The summed E-state index contributed by atoms with van der Waals surface area (Å²) in [6, 6.07) is 11.7. The molecule has 1 unspecified atom stereocenters. The average molecular weight is 410 g/mol. The fourth-order valence-electron chi connectivity index (χ4n) is 2.83. The lowest BCUT2D eigenvalue weighted by atomic mass is 10.0. The highest BCUT2D eigenvalue weighted by molar-refractivity contribution is 6.07. The number of pyridine rings is 1. The van der Waals surface area contributed by atoms with Gasteiger partial charge in [-0.05, 0) is 25.5 Å². The predicted octanol–water partition coefficient (Wildman–Crippen LogP) is 3.11. The quantitative estimate of drug-likeness (QED) is 0.677. The van der Waals surface area contributed by atoms with Crippen molar-refractivity contribution in [1.82, 2.24) is 20.1 Å². The first kappa shape index (κ1) is 22.9. The van der Waals surface area contributed by atoms with Gasteiger partial charge >= 0.3 is 0 Å². The van der Waals surface area contributed by atoms with Crippen LogP contribution in [-0.2, 0) is 7.05 Å². The van der Waals surface area contributed by atoms with Gasteiger partial charge < -0.3 is 11.1 Å². The van der Waals surface area contributed by atoms with E-state index in [-0.39, 0.29) is 36.6 Å². The van der Waals surface area contributed by atoms with Crippen molar-refractivity contribution in [3.05, 3.63) is 47.7 Å². The number of aryl methyl sites for hydroxylation is 2. The van der Waals surface area contributed by atoms with Gasteiger partial charge in [-0.25, -0.2) is 4.98 Å². The summed E-state index contributed by atoms with van der Waals surface area (Å²) in [4.78, 5) is 17.5. The van der Waals surface area contributed by atoms with Gasteiger partial charge in [-0.1, -0.05) is 37.3 Å². The summed E-state index contributed by atoms with van der Waals surface area (Å²) in [5.41, 5.74) is 9.46. The van der Waals surface area contributed by atoms with Crippen molar-refractivity contribution in [2.75, 3.05) is 13.1 Å². The molecule has 1 aromatic carbocycles. The molecule has 3 N–H and O–H groups in total. The van der Waals surface area contributed by atoms with Crippen LogP contribution in [0.1, 0.15) is 23.0 Å². The molecule has 1 atom stereocenters. The Labute approximate surface area is 171 Å². The lowest BCUT2D eigenvalue weighted by molar-refractivity contribution is 0.0950. The summed E-state index contributed by atoms with van der Waals surface area (Å²) in [6.45, 7) is 4.98. The second kappa shape index (κ2) is 9.69. The highest BCUT2D eigenvalue weighted by Crippen LogP contribution is 2.26. The Morgan fingerprint density at radius 3 is 2.56 bits per heavy atom. The summed E-state index contributed by atoms with van der Waals surface area (Å²) in [5.74, 6) is 0.103. The van der Waals surface area contributed by atoms with Crippen LogP contribution in [0.15, 0.2) is 36.4 Å². The second-order valence-corrected chi connectivity index (χ2v) is 6.38. The second-order valence-electron chi connectivity index (χ2n) is 6.38. The van der Waals surface area contributed by atoms with Gasteiger partial charge in [0.15, 0.2) is 5.65 Å². The summed E-state index contributed by atoms with van der Waals surface area (Å²) >= 11 is 0. The van der Waals surface area contributed by atoms with Crippen molar-refractivity contribution in [3.8, 4) is 11.3 Å². The van der Waals surface area contributed by atoms with Gasteiger partial charge in [0.25, 0.3) is 5.91 Å². The average Bonchev–Trinajstić information content (AvgIpc) is 2.93. The zero-order chi connectivity index (χ0) is 18.0. The third kappa shape index (κ3) is 4.77. The zero-order valence-corrected chi connectivity index (χ0v) is 17.2. The van der Waals surface area contributed by atoms with Gasteiger partial charge in [-0.15, -0.1) is 24.8 Å². The standard InChI is InChI=1S/C19H23N5O.2ClH/c1-12(10-20)11-21-19(25)15-9-16(14-7-5-4-6-8-14)22-18-17(15)13(2)23-24(18)3;;/h4-9,12H,10-11,20H2,1-3H3,(H,21,25);2*1H. The molecule has 1 amide bonds. The maximum Gasteiger partial charge on any atom is 0.252 e. The van der Waals surface area contributed by atoms with E-state index in [1.54, 1.807) is 4.68 Å². The van der Waals surface area contributed by atoms with E-state index in [0.29, 0.717) is 24.3 Å². The highest BCUT2D eigenvalue weighted by Gasteiger charge is 2.19. The molecule has 0 saturated heterocycles. The number of nitrogens with two attached hydrogens (primary N) is 1. The van der Waals surface area contributed by atoms with Crippen LogP contribution in [0.2, 0.25) is 0 Å². The molecule has 0 spiro atoms. The van der Waals surface area contributed by atoms with Crippen molar-refractivity contribution in [3.63, 3.8) is 0 Å². The lowest BCUT2D eigenvalue weighted by Crippen LogP contribution is -2.31. The fourth-order valence-corrected chi connectivity index (χ4v) is 2.83. The third-order valence-corrected chi connectivity index (χ3v) is 4.30. The van der Waals surface area contributed by atoms with Crippen LogP contribution in [0.25, 0.3) is 22.3 Å². The molecule has 0 aliphatic heterocycles. The lowest BCUT2D eigenvalue weighted by Gasteiger charge is -2.12. The molecule has 2 aromatic heterocycles. The smallest absolute Gasteiger partial charge is 0.252 e. The van der Waals surface area contributed by atoms with Crippen LogP contribution >= 0.6 is 24.8 Å². The Kier molecular flexibility index (Phi) is 8.21. The third-order valence-electron chi connectivity index (χ3n) is 4.30. The number of hydrogen-bond acceptors (Lipinski definition) is 4. The molecule has 2 heterocycles. The van der Waals surface area contributed by atoms with Crippen molar-refractivity contribution in [1.29, 1.82) is 0 Å². The van der Waals surface area contributed by atoms with Crippen LogP contribution in [0, 0.1) is 12.8 Å².